The lowest BCUT2D eigenvalue weighted by Crippen LogP contribution is -2.04. The Morgan fingerprint density at radius 2 is 1.83 bits per heavy atom. The summed E-state index contributed by atoms with van der Waals surface area (Å²) in [6.45, 7) is 0. The van der Waals surface area contributed by atoms with Crippen molar-refractivity contribution in [3.8, 4) is 11.8 Å². The van der Waals surface area contributed by atoms with Crippen LogP contribution < -0.4 is 10.5 Å². The standard InChI is InChI=1S/C11H10F3N3O/c1-17-9(15)6-16-10(17)18-8-4-2-7(3-5-8)11(12,13)14/h2-6H,15H2,1H3. The lowest BCUT2D eigenvalue weighted by Gasteiger charge is -2.08. The molecule has 0 saturated carbocycles. The number of nitrogen functional groups attached to an aromatic ring is 1. The molecule has 0 bridgehead atoms. The molecule has 2 N–H and O–H groups in total. The summed E-state index contributed by atoms with van der Waals surface area (Å²) in [6, 6.07) is 4.57. The molecule has 0 amide bonds. The van der Waals surface area contributed by atoms with Crippen LogP contribution in [0.1, 0.15) is 5.56 Å². The minimum absolute atomic E-state index is 0.215. The van der Waals surface area contributed by atoms with Gasteiger partial charge in [0, 0.05) is 7.05 Å². The van der Waals surface area contributed by atoms with Gasteiger partial charge in [0.05, 0.1) is 11.8 Å². The van der Waals surface area contributed by atoms with Crippen molar-refractivity contribution in [1.29, 1.82) is 0 Å². The van der Waals surface area contributed by atoms with E-state index in [9.17, 15) is 13.2 Å². The van der Waals surface area contributed by atoms with Crippen LogP contribution in [-0.2, 0) is 13.2 Å². The highest BCUT2D eigenvalue weighted by atomic mass is 19.4. The van der Waals surface area contributed by atoms with Crippen molar-refractivity contribution >= 4 is 5.82 Å². The van der Waals surface area contributed by atoms with Gasteiger partial charge in [-0.25, -0.2) is 4.98 Å². The van der Waals surface area contributed by atoms with Gasteiger partial charge in [0.1, 0.15) is 11.6 Å². The van der Waals surface area contributed by atoms with E-state index in [1.807, 2.05) is 0 Å². The topological polar surface area (TPSA) is 53.1 Å². The number of ether oxygens (including phenoxy) is 1. The van der Waals surface area contributed by atoms with E-state index in [-0.39, 0.29) is 11.8 Å². The van der Waals surface area contributed by atoms with E-state index in [0.717, 1.165) is 12.1 Å². The highest BCUT2D eigenvalue weighted by Gasteiger charge is 2.30. The fourth-order valence-corrected chi connectivity index (χ4v) is 1.32. The number of hydrogen-bond donors (Lipinski definition) is 1. The third kappa shape index (κ3) is 2.39. The summed E-state index contributed by atoms with van der Waals surface area (Å²) < 4.78 is 43.8. The number of aromatic nitrogens is 2. The summed E-state index contributed by atoms with van der Waals surface area (Å²) in [6.07, 6.45) is -2.95. The summed E-state index contributed by atoms with van der Waals surface area (Å²) in [4.78, 5) is 3.88. The van der Waals surface area contributed by atoms with Gasteiger partial charge < -0.3 is 10.5 Å². The van der Waals surface area contributed by atoms with Gasteiger partial charge in [-0.15, -0.1) is 0 Å². The number of benzene rings is 1. The van der Waals surface area contributed by atoms with E-state index in [1.54, 1.807) is 7.05 Å². The van der Waals surface area contributed by atoms with Gasteiger partial charge in [0.25, 0.3) is 0 Å². The SMILES string of the molecule is Cn1c(N)cnc1Oc1ccc(C(F)(F)F)cc1. The van der Waals surface area contributed by atoms with Gasteiger partial charge in [-0.1, -0.05) is 0 Å². The van der Waals surface area contributed by atoms with Gasteiger partial charge in [0.15, 0.2) is 0 Å². The van der Waals surface area contributed by atoms with Crippen LogP contribution >= 0.6 is 0 Å². The molecular formula is C11H10F3N3O. The van der Waals surface area contributed by atoms with Crippen molar-refractivity contribution in [3.63, 3.8) is 0 Å². The number of imidazole rings is 1. The van der Waals surface area contributed by atoms with E-state index >= 15 is 0 Å². The summed E-state index contributed by atoms with van der Waals surface area (Å²) in [5, 5.41) is 0. The maximum atomic E-state index is 12.3. The Hall–Kier alpha value is -2.18. The highest BCUT2D eigenvalue weighted by Crippen LogP contribution is 2.31. The molecule has 96 valence electrons. The number of nitrogens with zero attached hydrogens (tertiary/aromatic N) is 2. The van der Waals surface area contributed by atoms with Gasteiger partial charge in [-0.3, -0.25) is 4.57 Å². The number of halogens is 3. The zero-order chi connectivity index (χ0) is 13.3. The van der Waals surface area contributed by atoms with E-state index < -0.39 is 11.7 Å². The largest absolute Gasteiger partial charge is 0.425 e. The highest BCUT2D eigenvalue weighted by molar-refractivity contribution is 5.34. The summed E-state index contributed by atoms with van der Waals surface area (Å²) >= 11 is 0. The lowest BCUT2D eigenvalue weighted by atomic mass is 10.2. The van der Waals surface area contributed by atoms with Crippen LogP contribution in [0.15, 0.2) is 30.5 Å². The van der Waals surface area contributed by atoms with Gasteiger partial charge in [0.2, 0.25) is 0 Å². The Balaban J connectivity index is 2.19. The van der Waals surface area contributed by atoms with Crippen molar-refractivity contribution < 1.29 is 17.9 Å². The number of hydrogen-bond acceptors (Lipinski definition) is 3. The smallest absolute Gasteiger partial charge is 0.416 e. The van der Waals surface area contributed by atoms with E-state index in [4.69, 9.17) is 10.5 Å². The van der Waals surface area contributed by atoms with Crippen molar-refractivity contribution in [3.05, 3.63) is 36.0 Å². The molecule has 0 saturated heterocycles. The molecule has 0 aliphatic carbocycles. The van der Waals surface area contributed by atoms with Crippen molar-refractivity contribution in [1.82, 2.24) is 9.55 Å². The Bertz CT molecular complexity index is 546. The molecule has 0 radical (unpaired) electrons. The van der Waals surface area contributed by atoms with E-state index in [2.05, 4.69) is 4.98 Å². The molecule has 7 heteroatoms. The summed E-state index contributed by atoms with van der Waals surface area (Å²) in [5.74, 6) is 0.661. The Labute approximate surface area is 101 Å². The average molecular weight is 257 g/mol. The quantitative estimate of drug-likeness (QED) is 0.900. The van der Waals surface area contributed by atoms with Gasteiger partial charge >= 0.3 is 12.2 Å². The first-order valence-corrected chi connectivity index (χ1v) is 5.00. The third-order valence-corrected chi connectivity index (χ3v) is 2.37. The van der Waals surface area contributed by atoms with Crippen molar-refractivity contribution in [2.75, 3.05) is 5.73 Å². The van der Waals surface area contributed by atoms with E-state index in [1.165, 1.54) is 22.9 Å². The van der Waals surface area contributed by atoms with E-state index in [0.29, 0.717) is 5.82 Å². The predicted molar refractivity (Wildman–Crippen MR) is 59.1 cm³/mol. The van der Waals surface area contributed by atoms with Crippen molar-refractivity contribution in [2.24, 2.45) is 7.05 Å². The molecule has 0 fully saturated rings. The molecular weight excluding hydrogens is 247 g/mol. The van der Waals surface area contributed by atoms with Crippen LogP contribution in [0, 0.1) is 0 Å². The molecule has 0 spiro atoms. The molecule has 0 unspecified atom stereocenters. The molecule has 18 heavy (non-hydrogen) atoms. The molecule has 2 rings (SSSR count). The minimum atomic E-state index is -4.35. The molecule has 0 atom stereocenters. The predicted octanol–water partition coefficient (Wildman–Crippen LogP) is 2.81. The van der Waals surface area contributed by atoms with Gasteiger partial charge in [-0.05, 0) is 24.3 Å². The zero-order valence-corrected chi connectivity index (χ0v) is 9.40. The Morgan fingerprint density at radius 3 is 2.28 bits per heavy atom. The second kappa shape index (κ2) is 4.25. The summed E-state index contributed by atoms with van der Waals surface area (Å²) in [5.41, 5.74) is 4.82. The monoisotopic (exact) mass is 257 g/mol. The minimum Gasteiger partial charge on any atom is -0.425 e. The first-order valence-electron chi connectivity index (χ1n) is 5.00. The Morgan fingerprint density at radius 1 is 1.22 bits per heavy atom. The summed E-state index contributed by atoms with van der Waals surface area (Å²) in [7, 11) is 1.64. The molecule has 4 nitrogen and oxygen atoms in total. The Kier molecular flexibility index (Phi) is 2.90. The fourth-order valence-electron chi connectivity index (χ4n) is 1.32. The van der Waals surface area contributed by atoms with Gasteiger partial charge in [-0.2, -0.15) is 13.2 Å². The van der Waals surface area contributed by atoms with Crippen LogP contribution in [0.2, 0.25) is 0 Å². The maximum Gasteiger partial charge on any atom is 0.416 e. The lowest BCUT2D eigenvalue weighted by molar-refractivity contribution is -0.137. The van der Waals surface area contributed by atoms with Crippen LogP contribution in [0.25, 0.3) is 0 Å². The number of anilines is 1. The number of rotatable bonds is 2. The first-order chi connectivity index (χ1) is 8.38. The second-order valence-corrected chi connectivity index (χ2v) is 3.65. The van der Waals surface area contributed by atoms with Crippen LogP contribution in [0.3, 0.4) is 0 Å². The van der Waals surface area contributed by atoms with Crippen LogP contribution in [-0.4, -0.2) is 9.55 Å². The molecule has 2 aromatic rings. The molecule has 1 heterocycles. The molecule has 1 aromatic heterocycles. The molecule has 0 aliphatic heterocycles. The zero-order valence-electron chi connectivity index (χ0n) is 9.40. The molecule has 0 aliphatic rings. The number of nitrogens with two attached hydrogens (primary N) is 1. The maximum absolute atomic E-state index is 12.3. The van der Waals surface area contributed by atoms with Crippen molar-refractivity contribution in [2.45, 2.75) is 6.18 Å². The average Bonchev–Trinajstić information content (AvgIpc) is 2.61. The van der Waals surface area contributed by atoms with Crippen LogP contribution in [0.5, 0.6) is 11.8 Å². The second-order valence-electron chi connectivity index (χ2n) is 3.65. The third-order valence-electron chi connectivity index (χ3n) is 2.37. The molecule has 1 aromatic carbocycles. The normalized spacial score (nSPS) is 11.6. The first kappa shape index (κ1) is 12.3. The number of alkyl halides is 3. The van der Waals surface area contributed by atoms with Crippen LogP contribution in [0.4, 0.5) is 19.0 Å². The fraction of sp³-hybridized carbons (Fsp3) is 0.182.